The summed E-state index contributed by atoms with van der Waals surface area (Å²) in [7, 11) is 1.38. The van der Waals surface area contributed by atoms with E-state index in [4.69, 9.17) is 15.2 Å². The summed E-state index contributed by atoms with van der Waals surface area (Å²) >= 11 is 0. The Labute approximate surface area is 126 Å². The molecule has 1 unspecified atom stereocenters. The molecule has 118 valence electrons. The number of carbonyl (C=O) groups is 1. The SMILES string of the molecule is CCC(N)Cc1nc(C)ccc1OCC(C)(C)C(=O)OC. The van der Waals surface area contributed by atoms with E-state index in [0.29, 0.717) is 12.2 Å². The average molecular weight is 294 g/mol. The van der Waals surface area contributed by atoms with E-state index in [1.54, 1.807) is 13.8 Å². The minimum Gasteiger partial charge on any atom is -0.491 e. The third-order valence-electron chi connectivity index (χ3n) is 3.38. The van der Waals surface area contributed by atoms with Gasteiger partial charge in [0, 0.05) is 18.2 Å². The normalized spacial score (nSPS) is 12.9. The molecular weight excluding hydrogens is 268 g/mol. The predicted octanol–water partition coefficient (Wildman–Crippen LogP) is 2.25. The van der Waals surface area contributed by atoms with E-state index in [1.165, 1.54) is 7.11 Å². The van der Waals surface area contributed by atoms with Crippen molar-refractivity contribution in [1.82, 2.24) is 4.98 Å². The Balaban J connectivity index is 2.85. The number of hydrogen-bond acceptors (Lipinski definition) is 5. The van der Waals surface area contributed by atoms with Gasteiger partial charge in [-0.1, -0.05) is 6.92 Å². The summed E-state index contributed by atoms with van der Waals surface area (Å²) in [5, 5.41) is 0. The summed E-state index contributed by atoms with van der Waals surface area (Å²) in [5.41, 5.74) is 7.06. The summed E-state index contributed by atoms with van der Waals surface area (Å²) in [6.07, 6.45) is 1.54. The first kappa shape index (κ1) is 17.4. The number of ether oxygens (including phenoxy) is 2. The molecule has 0 bridgehead atoms. The van der Waals surface area contributed by atoms with Crippen molar-refractivity contribution in [2.24, 2.45) is 11.1 Å². The molecule has 0 radical (unpaired) electrons. The van der Waals surface area contributed by atoms with Crippen molar-refractivity contribution in [1.29, 1.82) is 0 Å². The zero-order valence-corrected chi connectivity index (χ0v) is 13.6. The molecule has 2 N–H and O–H groups in total. The van der Waals surface area contributed by atoms with Gasteiger partial charge >= 0.3 is 5.97 Å². The van der Waals surface area contributed by atoms with E-state index >= 15 is 0 Å². The van der Waals surface area contributed by atoms with Crippen LogP contribution in [0.5, 0.6) is 5.75 Å². The number of hydrogen-bond donors (Lipinski definition) is 1. The molecule has 1 atom stereocenters. The van der Waals surface area contributed by atoms with Crippen molar-refractivity contribution in [2.75, 3.05) is 13.7 Å². The number of rotatable bonds is 7. The first-order chi connectivity index (χ1) is 9.80. The number of pyridine rings is 1. The zero-order valence-electron chi connectivity index (χ0n) is 13.6. The fraction of sp³-hybridized carbons (Fsp3) is 0.625. The number of methoxy groups -OCH3 is 1. The molecular formula is C16H26N2O3. The minimum absolute atomic E-state index is 0.0512. The lowest BCUT2D eigenvalue weighted by Crippen LogP contribution is -2.32. The van der Waals surface area contributed by atoms with Crippen LogP contribution in [-0.4, -0.2) is 30.7 Å². The highest BCUT2D eigenvalue weighted by atomic mass is 16.5. The molecule has 0 aliphatic heterocycles. The van der Waals surface area contributed by atoms with E-state index in [2.05, 4.69) is 4.98 Å². The molecule has 5 nitrogen and oxygen atoms in total. The topological polar surface area (TPSA) is 74.4 Å². The largest absolute Gasteiger partial charge is 0.491 e. The van der Waals surface area contributed by atoms with Gasteiger partial charge in [-0.15, -0.1) is 0 Å². The Morgan fingerprint density at radius 2 is 2.10 bits per heavy atom. The lowest BCUT2D eigenvalue weighted by Gasteiger charge is -2.23. The molecule has 1 aromatic rings. The van der Waals surface area contributed by atoms with Crippen LogP contribution in [0.1, 0.15) is 38.6 Å². The molecule has 0 saturated heterocycles. The number of nitrogens with two attached hydrogens (primary N) is 1. The number of aryl methyl sites for hydroxylation is 1. The van der Waals surface area contributed by atoms with E-state index in [-0.39, 0.29) is 18.6 Å². The Bertz CT molecular complexity index is 486. The summed E-state index contributed by atoms with van der Waals surface area (Å²) in [6.45, 7) is 7.79. The van der Waals surface area contributed by atoms with Gasteiger partial charge < -0.3 is 15.2 Å². The lowest BCUT2D eigenvalue weighted by molar-refractivity contribution is -0.152. The standard InChI is InChI=1S/C16H26N2O3/c1-6-12(17)9-13-14(8-7-11(2)18-13)21-10-16(3,4)15(19)20-5/h7-8,12H,6,9-10,17H2,1-5H3. The molecule has 0 aliphatic rings. The second-order valence-corrected chi connectivity index (χ2v) is 5.93. The van der Waals surface area contributed by atoms with Crippen LogP contribution < -0.4 is 10.5 Å². The Hall–Kier alpha value is -1.62. The summed E-state index contributed by atoms with van der Waals surface area (Å²) < 4.78 is 10.6. The van der Waals surface area contributed by atoms with Gasteiger partial charge in [-0.25, -0.2) is 0 Å². The van der Waals surface area contributed by atoms with Gasteiger partial charge in [0.1, 0.15) is 12.4 Å². The molecule has 1 aromatic heterocycles. The van der Waals surface area contributed by atoms with Gasteiger partial charge in [0.05, 0.1) is 18.2 Å². The van der Waals surface area contributed by atoms with Crippen molar-refractivity contribution in [3.05, 3.63) is 23.5 Å². The van der Waals surface area contributed by atoms with Crippen molar-refractivity contribution in [3.63, 3.8) is 0 Å². The van der Waals surface area contributed by atoms with E-state index in [1.807, 2.05) is 26.0 Å². The highest BCUT2D eigenvalue weighted by molar-refractivity contribution is 5.75. The number of esters is 1. The van der Waals surface area contributed by atoms with Crippen molar-refractivity contribution in [2.45, 2.75) is 46.6 Å². The van der Waals surface area contributed by atoms with Gasteiger partial charge in [-0.2, -0.15) is 0 Å². The summed E-state index contributed by atoms with van der Waals surface area (Å²) in [4.78, 5) is 16.2. The van der Waals surface area contributed by atoms with Crippen LogP contribution in [-0.2, 0) is 16.0 Å². The number of carbonyl (C=O) groups excluding carboxylic acids is 1. The Kier molecular flexibility index (Phi) is 6.15. The van der Waals surface area contributed by atoms with Crippen molar-refractivity contribution < 1.29 is 14.3 Å². The second kappa shape index (κ2) is 7.41. The van der Waals surface area contributed by atoms with Crippen LogP contribution in [0.4, 0.5) is 0 Å². The third-order valence-corrected chi connectivity index (χ3v) is 3.38. The number of aromatic nitrogens is 1. The molecule has 0 aliphatic carbocycles. The minimum atomic E-state index is -0.705. The molecule has 0 aromatic carbocycles. The average Bonchev–Trinajstić information content (AvgIpc) is 2.45. The summed E-state index contributed by atoms with van der Waals surface area (Å²) in [6, 6.07) is 3.82. The zero-order chi connectivity index (χ0) is 16.0. The van der Waals surface area contributed by atoms with Crippen LogP contribution in [0.25, 0.3) is 0 Å². The smallest absolute Gasteiger partial charge is 0.314 e. The fourth-order valence-corrected chi connectivity index (χ4v) is 1.86. The van der Waals surface area contributed by atoms with Gasteiger partial charge in [0.25, 0.3) is 0 Å². The van der Waals surface area contributed by atoms with Crippen LogP contribution in [0.2, 0.25) is 0 Å². The van der Waals surface area contributed by atoms with E-state index in [0.717, 1.165) is 17.8 Å². The lowest BCUT2D eigenvalue weighted by atomic mass is 9.95. The highest BCUT2D eigenvalue weighted by Crippen LogP contribution is 2.23. The maximum atomic E-state index is 11.7. The van der Waals surface area contributed by atoms with Crippen LogP contribution in [0.3, 0.4) is 0 Å². The molecule has 0 fully saturated rings. The molecule has 5 heteroatoms. The van der Waals surface area contributed by atoms with Crippen molar-refractivity contribution >= 4 is 5.97 Å². The first-order valence-electron chi connectivity index (χ1n) is 7.23. The Morgan fingerprint density at radius 1 is 1.43 bits per heavy atom. The van der Waals surface area contributed by atoms with Crippen LogP contribution in [0.15, 0.2) is 12.1 Å². The monoisotopic (exact) mass is 294 g/mol. The maximum Gasteiger partial charge on any atom is 0.314 e. The third kappa shape index (κ3) is 5.01. The van der Waals surface area contributed by atoms with Crippen LogP contribution >= 0.6 is 0 Å². The molecule has 21 heavy (non-hydrogen) atoms. The Morgan fingerprint density at radius 3 is 2.67 bits per heavy atom. The molecule has 0 saturated carbocycles. The highest BCUT2D eigenvalue weighted by Gasteiger charge is 2.30. The quantitative estimate of drug-likeness (QED) is 0.781. The van der Waals surface area contributed by atoms with E-state index < -0.39 is 5.41 Å². The van der Waals surface area contributed by atoms with E-state index in [9.17, 15) is 4.79 Å². The number of nitrogens with zero attached hydrogens (tertiary/aromatic N) is 1. The molecule has 1 rings (SSSR count). The first-order valence-corrected chi connectivity index (χ1v) is 7.23. The fourth-order valence-electron chi connectivity index (χ4n) is 1.86. The molecule has 1 heterocycles. The van der Waals surface area contributed by atoms with Crippen LogP contribution in [0, 0.1) is 12.3 Å². The summed E-state index contributed by atoms with van der Waals surface area (Å²) in [5.74, 6) is 0.385. The maximum absolute atomic E-state index is 11.7. The van der Waals surface area contributed by atoms with Gasteiger partial charge in [0.2, 0.25) is 0 Å². The predicted molar refractivity (Wildman–Crippen MR) is 82.2 cm³/mol. The van der Waals surface area contributed by atoms with Gasteiger partial charge in [-0.3, -0.25) is 9.78 Å². The van der Waals surface area contributed by atoms with Gasteiger partial charge in [-0.05, 0) is 39.3 Å². The molecule has 0 amide bonds. The van der Waals surface area contributed by atoms with Gasteiger partial charge in [0.15, 0.2) is 0 Å². The second-order valence-electron chi connectivity index (χ2n) is 5.93. The molecule has 0 spiro atoms. The van der Waals surface area contributed by atoms with Crippen molar-refractivity contribution in [3.8, 4) is 5.75 Å².